The summed E-state index contributed by atoms with van der Waals surface area (Å²) in [6.45, 7) is 0. The van der Waals surface area contributed by atoms with Crippen molar-refractivity contribution in [1.29, 1.82) is 0 Å². The lowest BCUT2D eigenvalue weighted by atomic mass is 10.2. The fourth-order valence-electron chi connectivity index (χ4n) is 1.85. The van der Waals surface area contributed by atoms with Crippen LogP contribution in [0.25, 0.3) is 0 Å². The smallest absolute Gasteiger partial charge is 0.133 e. The average molecular weight is 246 g/mol. The van der Waals surface area contributed by atoms with Gasteiger partial charge in [-0.25, -0.2) is 4.99 Å². The Morgan fingerprint density at radius 2 is 1.94 bits per heavy atom. The molecule has 0 saturated carbocycles. The van der Waals surface area contributed by atoms with Crippen LogP contribution in [0.5, 0.6) is 0 Å². The molecule has 1 aliphatic rings. The number of hydrogen-bond donors (Lipinski definition) is 2. The van der Waals surface area contributed by atoms with E-state index >= 15 is 0 Å². The molecule has 0 atom stereocenters. The predicted molar refractivity (Wildman–Crippen MR) is 71.6 cm³/mol. The number of rotatable bonds is 0. The summed E-state index contributed by atoms with van der Waals surface area (Å²) in [5, 5.41) is 3.95. The van der Waals surface area contributed by atoms with Gasteiger partial charge in [-0.05, 0) is 30.3 Å². The molecule has 0 fully saturated rings. The summed E-state index contributed by atoms with van der Waals surface area (Å²) in [7, 11) is 0. The Labute approximate surface area is 104 Å². The SMILES string of the molecule is N[14C]1=Nc2cc(Cl)ccc2Nc2ccccc21. The quantitative estimate of drug-likeness (QED) is 0.747. The minimum absolute atomic E-state index is 0.495. The third kappa shape index (κ3) is 1.74. The first-order valence-electron chi connectivity index (χ1n) is 5.24. The van der Waals surface area contributed by atoms with Crippen LogP contribution >= 0.6 is 11.6 Å². The highest BCUT2D eigenvalue weighted by Crippen LogP contribution is 2.34. The van der Waals surface area contributed by atoms with Crippen molar-refractivity contribution in [1.82, 2.24) is 0 Å². The van der Waals surface area contributed by atoms with E-state index in [-0.39, 0.29) is 0 Å². The summed E-state index contributed by atoms with van der Waals surface area (Å²) in [5.74, 6) is 0.495. The molecular weight excluding hydrogens is 236 g/mol. The third-order valence-electron chi connectivity index (χ3n) is 2.67. The second-order valence-corrected chi connectivity index (χ2v) is 4.27. The predicted octanol–water partition coefficient (Wildman–Crippen LogP) is 3.43. The zero-order valence-electron chi connectivity index (χ0n) is 8.94. The molecule has 17 heavy (non-hydrogen) atoms. The highest BCUT2D eigenvalue weighted by atomic mass is 35.5. The Balaban J connectivity index is 2.24. The standard InChI is InChI=1S/C13H10ClN3/c14-8-5-6-11-12(7-8)17-13(15)9-3-1-2-4-10(9)16-11/h1-7,16H,(H2,15,17)/i13+2. The van der Waals surface area contributed by atoms with E-state index < -0.39 is 0 Å². The molecule has 0 unspecified atom stereocenters. The number of nitrogens with one attached hydrogen (secondary N) is 1. The molecule has 1 aliphatic heterocycles. The van der Waals surface area contributed by atoms with Crippen LogP contribution < -0.4 is 11.1 Å². The van der Waals surface area contributed by atoms with Gasteiger partial charge in [0.05, 0.1) is 11.4 Å². The maximum absolute atomic E-state index is 5.98. The summed E-state index contributed by atoms with van der Waals surface area (Å²) in [6.07, 6.45) is 0. The molecule has 0 amide bonds. The number of fused-ring (bicyclic) bond motifs is 2. The molecular formula is C13H10ClN3. The van der Waals surface area contributed by atoms with Gasteiger partial charge in [-0.15, -0.1) is 0 Å². The van der Waals surface area contributed by atoms with Gasteiger partial charge >= 0.3 is 0 Å². The lowest BCUT2D eigenvalue weighted by Crippen LogP contribution is -2.13. The van der Waals surface area contributed by atoms with Gasteiger partial charge in [-0.3, -0.25) is 0 Å². The molecule has 0 bridgehead atoms. The van der Waals surface area contributed by atoms with Crippen LogP contribution in [0.3, 0.4) is 0 Å². The van der Waals surface area contributed by atoms with E-state index in [0.717, 1.165) is 22.6 Å². The summed E-state index contributed by atoms with van der Waals surface area (Å²) >= 11 is 5.95. The number of nitrogens with zero attached hydrogens (tertiary/aromatic N) is 1. The third-order valence-corrected chi connectivity index (χ3v) is 2.91. The van der Waals surface area contributed by atoms with Gasteiger partial charge in [0.25, 0.3) is 0 Å². The van der Waals surface area contributed by atoms with Crippen LogP contribution in [-0.4, -0.2) is 5.84 Å². The van der Waals surface area contributed by atoms with Gasteiger partial charge in [0.15, 0.2) is 0 Å². The van der Waals surface area contributed by atoms with Gasteiger partial charge in [0, 0.05) is 16.3 Å². The molecule has 0 aliphatic carbocycles. The summed E-state index contributed by atoms with van der Waals surface area (Å²) in [5.41, 5.74) is 9.49. The number of hydrogen-bond acceptors (Lipinski definition) is 3. The van der Waals surface area contributed by atoms with Crippen molar-refractivity contribution < 1.29 is 0 Å². The average Bonchev–Trinajstić information content (AvgIpc) is 2.46. The van der Waals surface area contributed by atoms with Gasteiger partial charge in [0.2, 0.25) is 0 Å². The van der Waals surface area contributed by atoms with Crippen LogP contribution in [0.4, 0.5) is 17.1 Å². The zero-order chi connectivity index (χ0) is 11.8. The maximum atomic E-state index is 5.98. The van der Waals surface area contributed by atoms with Crippen molar-refractivity contribution in [3.63, 3.8) is 0 Å². The number of nitrogens with two attached hydrogens (primary N) is 1. The van der Waals surface area contributed by atoms with E-state index in [2.05, 4.69) is 10.3 Å². The summed E-state index contributed by atoms with van der Waals surface area (Å²) in [4.78, 5) is 4.39. The Bertz CT molecular complexity index is 620. The normalized spacial score (nSPS) is 12.9. The summed E-state index contributed by atoms with van der Waals surface area (Å²) < 4.78 is 0. The lowest BCUT2D eigenvalue weighted by molar-refractivity contribution is 1.48. The Morgan fingerprint density at radius 1 is 1.12 bits per heavy atom. The van der Waals surface area contributed by atoms with E-state index in [1.54, 1.807) is 6.07 Å². The van der Waals surface area contributed by atoms with Crippen molar-refractivity contribution in [2.75, 3.05) is 5.32 Å². The monoisotopic (exact) mass is 245 g/mol. The molecule has 2 aromatic carbocycles. The van der Waals surface area contributed by atoms with E-state index in [9.17, 15) is 0 Å². The Morgan fingerprint density at radius 3 is 2.82 bits per heavy atom. The molecule has 3 rings (SSSR count). The second kappa shape index (κ2) is 3.79. The molecule has 0 radical (unpaired) electrons. The van der Waals surface area contributed by atoms with Crippen LogP contribution in [0.15, 0.2) is 47.5 Å². The van der Waals surface area contributed by atoms with E-state index in [0.29, 0.717) is 10.9 Å². The fourth-order valence-corrected chi connectivity index (χ4v) is 2.02. The molecule has 0 saturated heterocycles. The van der Waals surface area contributed by atoms with Crippen molar-refractivity contribution >= 4 is 34.5 Å². The van der Waals surface area contributed by atoms with E-state index in [4.69, 9.17) is 17.3 Å². The van der Waals surface area contributed by atoms with Gasteiger partial charge in [-0.1, -0.05) is 23.7 Å². The number of halogens is 1. The Hall–Kier alpha value is -2.00. The first-order chi connectivity index (χ1) is 8.24. The fraction of sp³-hybridized carbons (Fsp3) is 0. The number of anilines is 2. The zero-order valence-corrected chi connectivity index (χ0v) is 9.70. The minimum atomic E-state index is 0.495. The van der Waals surface area contributed by atoms with Crippen LogP contribution in [0.2, 0.25) is 5.02 Å². The minimum Gasteiger partial charge on any atom is -0.383 e. The number of benzene rings is 2. The molecule has 3 nitrogen and oxygen atoms in total. The topological polar surface area (TPSA) is 50.4 Å². The van der Waals surface area contributed by atoms with E-state index in [1.807, 2.05) is 36.4 Å². The molecule has 84 valence electrons. The van der Waals surface area contributed by atoms with Crippen molar-refractivity contribution in [2.45, 2.75) is 0 Å². The van der Waals surface area contributed by atoms with Crippen LogP contribution in [0.1, 0.15) is 5.56 Å². The van der Waals surface area contributed by atoms with Crippen LogP contribution in [0, 0.1) is 0 Å². The van der Waals surface area contributed by atoms with Gasteiger partial charge in [-0.2, -0.15) is 0 Å². The number of aliphatic imine (C=N–C) groups is 1. The maximum Gasteiger partial charge on any atom is 0.133 e. The molecule has 2 aromatic rings. The number of para-hydroxylation sites is 1. The van der Waals surface area contributed by atoms with E-state index in [1.165, 1.54) is 0 Å². The largest absolute Gasteiger partial charge is 0.383 e. The van der Waals surface area contributed by atoms with Gasteiger partial charge < -0.3 is 11.1 Å². The van der Waals surface area contributed by atoms with Crippen molar-refractivity contribution in [3.05, 3.63) is 53.1 Å². The van der Waals surface area contributed by atoms with Crippen molar-refractivity contribution in [3.8, 4) is 0 Å². The first kappa shape index (κ1) is 10.2. The number of amidine groups is 1. The first-order valence-corrected chi connectivity index (χ1v) is 5.62. The van der Waals surface area contributed by atoms with Crippen LogP contribution in [-0.2, 0) is 0 Å². The lowest BCUT2D eigenvalue weighted by Gasteiger charge is -2.08. The molecule has 0 aromatic heterocycles. The molecule has 4 heteroatoms. The molecule has 0 spiro atoms. The highest BCUT2D eigenvalue weighted by Gasteiger charge is 2.13. The molecule has 3 N–H and O–H groups in total. The second-order valence-electron chi connectivity index (χ2n) is 3.83. The van der Waals surface area contributed by atoms with Crippen molar-refractivity contribution in [2.24, 2.45) is 10.7 Å². The molecule has 1 heterocycles. The highest BCUT2D eigenvalue weighted by molar-refractivity contribution is 6.31. The Kier molecular flexibility index (Phi) is 2.27. The van der Waals surface area contributed by atoms with Gasteiger partial charge in [0.1, 0.15) is 5.84 Å². The summed E-state index contributed by atoms with van der Waals surface area (Å²) in [6, 6.07) is 13.3.